The van der Waals surface area contributed by atoms with Crippen molar-refractivity contribution in [3.05, 3.63) is 59.2 Å². The van der Waals surface area contributed by atoms with Gasteiger partial charge in [0.2, 0.25) is 25.1 Å². The van der Waals surface area contributed by atoms with Gasteiger partial charge >= 0.3 is 5.97 Å². The van der Waals surface area contributed by atoms with Crippen molar-refractivity contribution in [2.45, 2.75) is 32.0 Å². The number of esters is 1. The van der Waals surface area contributed by atoms with Crippen LogP contribution >= 0.6 is 0 Å². The molecule has 9 heteroatoms. The normalized spacial score (nSPS) is 22.6. The maximum absolute atomic E-state index is 13.3. The van der Waals surface area contributed by atoms with Crippen molar-refractivity contribution in [3.8, 4) is 45.6 Å². The van der Waals surface area contributed by atoms with Crippen molar-refractivity contribution >= 4 is 5.97 Å². The highest BCUT2D eigenvalue weighted by Gasteiger charge is 2.47. The number of benzene rings is 3. The quantitative estimate of drug-likeness (QED) is 0.492. The molecule has 9 nitrogen and oxygen atoms in total. The van der Waals surface area contributed by atoms with E-state index in [0.29, 0.717) is 63.2 Å². The van der Waals surface area contributed by atoms with Gasteiger partial charge in [0, 0.05) is 16.7 Å². The molecule has 0 amide bonds. The lowest BCUT2D eigenvalue weighted by atomic mass is 9.73. The van der Waals surface area contributed by atoms with Gasteiger partial charge in [0.1, 0.15) is 5.60 Å². The zero-order chi connectivity index (χ0) is 26.6. The van der Waals surface area contributed by atoms with Crippen LogP contribution < -0.4 is 28.4 Å². The Morgan fingerprint density at radius 3 is 2.16 bits per heavy atom. The highest BCUT2D eigenvalue weighted by molar-refractivity contribution is 5.91. The fourth-order valence-electron chi connectivity index (χ4n) is 5.43. The summed E-state index contributed by atoms with van der Waals surface area (Å²) in [5.41, 5.74) is 1.47. The van der Waals surface area contributed by atoms with Crippen LogP contribution in [0, 0.1) is 5.92 Å². The molecule has 3 aromatic carbocycles. The van der Waals surface area contributed by atoms with Gasteiger partial charge in [0.05, 0.1) is 19.8 Å². The number of hydrogen-bond donors (Lipinski definition) is 1. The Hall–Kier alpha value is -4.11. The molecule has 0 radical (unpaired) electrons. The topological polar surface area (TPSA) is 102 Å². The minimum atomic E-state index is -1.49. The number of rotatable bonds is 4. The molecule has 0 saturated carbocycles. The summed E-state index contributed by atoms with van der Waals surface area (Å²) in [6, 6.07) is 12.3. The SMILES string of the molecule is COc1c2c(cc3c1-c1c(cc4c(c1OC)OCO4)[C@@H](OC(=O)c1ccccc1)[C@@](C)(O)[C@H](C)C3)OCO2. The second-order valence-corrected chi connectivity index (χ2v) is 9.77. The minimum Gasteiger partial charge on any atom is -0.492 e. The molecule has 1 aliphatic carbocycles. The van der Waals surface area contributed by atoms with Crippen LogP contribution in [0.2, 0.25) is 0 Å². The lowest BCUT2D eigenvalue weighted by Crippen LogP contribution is -2.43. The molecule has 6 rings (SSSR count). The van der Waals surface area contributed by atoms with Gasteiger partial charge in [-0.2, -0.15) is 0 Å². The number of methoxy groups -OCH3 is 2. The highest BCUT2D eigenvalue weighted by atomic mass is 16.7. The Morgan fingerprint density at radius 2 is 1.53 bits per heavy atom. The van der Waals surface area contributed by atoms with Crippen molar-refractivity contribution in [2.75, 3.05) is 27.8 Å². The molecule has 3 aromatic rings. The summed E-state index contributed by atoms with van der Waals surface area (Å²) in [4.78, 5) is 13.3. The fraction of sp³-hybridized carbons (Fsp3) is 0.345. The van der Waals surface area contributed by atoms with Gasteiger partial charge in [-0.15, -0.1) is 0 Å². The van der Waals surface area contributed by atoms with E-state index >= 15 is 0 Å². The average molecular weight is 521 g/mol. The first-order valence-electron chi connectivity index (χ1n) is 12.3. The van der Waals surface area contributed by atoms with Gasteiger partial charge in [-0.05, 0) is 49.1 Å². The van der Waals surface area contributed by atoms with Crippen LogP contribution in [0.1, 0.15) is 41.4 Å². The number of aliphatic hydroxyl groups is 1. The predicted octanol–water partition coefficient (Wildman–Crippen LogP) is 4.67. The summed E-state index contributed by atoms with van der Waals surface area (Å²) in [6.07, 6.45) is -0.668. The minimum absolute atomic E-state index is 0.000975. The van der Waals surface area contributed by atoms with Gasteiger partial charge in [0.15, 0.2) is 29.1 Å². The van der Waals surface area contributed by atoms with Crippen LogP contribution in [0.15, 0.2) is 42.5 Å². The largest absolute Gasteiger partial charge is 0.492 e. The Bertz CT molecular complexity index is 1410. The first-order valence-corrected chi connectivity index (χ1v) is 12.3. The van der Waals surface area contributed by atoms with Gasteiger partial charge < -0.3 is 38.3 Å². The molecule has 38 heavy (non-hydrogen) atoms. The van der Waals surface area contributed by atoms with E-state index in [1.54, 1.807) is 44.4 Å². The third kappa shape index (κ3) is 3.60. The van der Waals surface area contributed by atoms with Gasteiger partial charge in [-0.1, -0.05) is 25.1 Å². The van der Waals surface area contributed by atoms with Crippen molar-refractivity contribution in [3.63, 3.8) is 0 Å². The first-order chi connectivity index (χ1) is 18.3. The predicted molar refractivity (Wildman–Crippen MR) is 135 cm³/mol. The Balaban J connectivity index is 1.66. The monoisotopic (exact) mass is 520 g/mol. The first kappa shape index (κ1) is 24.2. The van der Waals surface area contributed by atoms with Gasteiger partial charge in [-0.3, -0.25) is 0 Å². The molecule has 2 heterocycles. The van der Waals surface area contributed by atoms with Crippen molar-refractivity contribution < 1.29 is 43.1 Å². The lowest BCUT2D eigenvalue weighted by molar-refractivity contribution is -0.107. The highest BCUT2D eigenvalue weighted by Crippen LogP contribution is 2.59. The molecule has 0 aromatic heterocycles. The molecular formula is C29H28O9. The number of carbonyl (C=O) groups is 1. The molecule has 0 spiro atoms. The fourth-order valence-corrected chi connectivity index (χ4v) is 5.43. The second kappa shape index (κ2) is 9.02. The summed E-state index contributed by atoms with van der Waals surface area (Å²) in [7, 11) is 3.09. The van der Waals surface area contributed by atoms with Crippen LogP contribution in [0.3, 0.4) is 0 Å². The zero-order valence-electron chi connectivity index (χ0n) is 21.5. The molecular weight excluding hydrogens is 492 g/mol. The van der Waals surface area contributed by atoms with Crippen LogP contribution in [0.25, 0.3) is 11.1 Å². The van der Waals surface area contributed by atoms with E-state index in [0.717, 1.165) is 5.56 Å². The van der Waals surface area contributed by atoms with Crippen LogP contribution in [0.4, 0.5) is 0 Å². The summed E-state index contributed by atoms with van der Waals surface area (Å²) < 4.78 is 40.9. The van der Waals surface area contributed by atoms with Gasteiger partial charge in [-0.25, -0.2) is 4.79 Å². The summed E-state index contributed by atoms with van der Waals surface area (Å²) in [6.45, 7) is 3.65. The van der Waals surface area contributed by atoms with Crippen molar-refractivity contribution in [2.24, 2.45) is 5.92 Å². The molecule has 2 aliphatic heterocycles. The van der Waals surface area contributed by atoms with Crippen LogP contribution in [0.5, 0.6) is 34.5 Å². The lowest BCUT2D eigenvalue weighted by Gasteiger charge is -2.41. The van der Waals surface area contributed by atoms with Crippen molar-refractivity contribution in [1.29, 1.82) is 0 Å². The van der Waals surface area contributed by atoms with Crippen LogP contribution in [-0.4, -0.2) is 44.5 Å². The molecule has 0 saturated heterocycles. The molecule has 198 valence electrons. The smallest absolute Gasteiger partial charge is 0.338 e. The van der Waals surface area contributed by atoms with E-state index in [1.807, 2.05) is 19.1 Å². The molecule has 0 unspecified atom stereocenters. The third-order valence-corrected chi connectivity index (χ3v) is 7.58. The summed E-state index contributed by atoms with van der Waals surface area (Å²) in [5, 5.41) is 12.0. The molecule has 0 bridgehead atoms. The molecule has 3 atom stereocenters. The summed E-state index contributed by atoms with van der Waals surface area (Å²) in [5.74, 6) is 1.77. The van der Waals surface area contributed by atoms with E-state index in [4.69, 9.17) is 33.2 Å². The number of hydrogen-bond acceptors (Lipinski definition) is 9. The molecule has 0 fully saturated rings. The number of carbonyl (C=O) groups excluding carboxylic acids is 1. The van der Waals surface area contributed by atoms with E-state index in [-0.39, 0.29) is 19.5 Å². The third-order valence-electron chi connectivity index (χ3n) is 7.58. The Labute approximate surface area is 219 Å². The maximum atomic E-state index is 13.3. The maximum Gasteiger partial charge on any atom is 0.338 e. The summed E-state index contributed by atoms with van der Waals surface area (Å²) >= 11 is 0. The van der Waals surface area contributed by atoms with Crippen molar-refractivity contribution in [1.82, 2.24) is 0 Å². The Kier molecular flexibility index (Phi) is 5.75. The second-order valence-electron chi connectivity index (χ2n) is 9.77. The number of ether oxygens (including phenoxy) is 7. The number of fused-ring (bicyclic) bond motifs is 5. The average Bonchev–Trinajstić information content (AvgIpc) is 3.59. The Morgan fingerprint density at radius 1 is 0.921 bits per heavy atom. The molecule has 1 N–H and O–H groups in total. The van der Waals surface area contributed by atoms with E-state index < -0.39 is 17.7 Å². The van der Waals surface area contributed by atoms with Gasteiger partial charge in [0.25, 0.3) is 0 Å². The van der Waals surface area contributed by atoms with E-state index in [1.165, 1.54) is 7.11 Å². The molecule has 3 aliphatic rings. The zero-order valence-corrected chi connectivity index (χ0v) is 21.5. The van der Waals surface area contributed by atoms with E-state index in [2.05, 4.69) is 0 Å². The van der Waals surface area contributed by atoms with E-state index in [9.17, 15) is 9.90 Å². The standard InChI is InChI=1S/C29H28O9/c1-15-10-17-11-19-23(36-13-34-19)25(32-3)21(17)22-18(12-20-24(26(22)33-4)37-14-35-20)27(29(15,2)31)38-28(30)16-8-6-5-7-9-16/h5-9,11-12,15,27,31H,10,13-14H2,1-4H3/t15-,27-,29+/m1/s1. The van der Waals surface area contributed by atoms with Crippen LogP contribution in [-0.2, 0) is 11.2 Å².